The summed E-state index contributed by atoms with van der Waals surface area (Å²) < 4.78 is 88.4. The second-order valence-electron chi connectivity index (χ2n) is 33.8. The molecule has 0 saturated heterocycles. The van der Waals surface area contributed by atoms with Crippen LogP contribution in [0.5, 0.6) is 46.0 Å². The smallest absolute Gasteiger partial charge is 0.411 e. The second-order valence-corrected chi connectivity index (χ2v) is 34.2. The monoisotopic (exact) mass is 1950 g/mol. The van der Waals surface area contributed by atoms with Crippen molar-refractivity contribution in [2.75, 3.05) is 88.3 Å². The molecular formula is C113H132ClFN6O20. The molecule has 141 heavy (non-hydrogen) atoms. The molecular weight excluding hydrogens is 1820 g/mol. The van der Waals surface area contributed by atoms with Crippen molar-refractivity contribution in [3.8, 4) is 46.0 Å². The minimum absolute atomic E-state index is 0.0702. The van der Waals surface area contributed by atoms with Crippen molar-refractivity contribution in [2.24, 2.45) is 0 Å². The highest BCUT2D eigenvalue weighted by atomic mass is 35.5. The number of carbonyl (C=O) groups excluding carboxylic acids is 6. The number of rotatable bonds is 28. The largest absolute Gasteiger partial charge is 0.495 e. The number of aryl methyl sites for hydroxylation is 17. The maximum absolute atomic E-state index is 13.9. The predicted octanol–water partition coefficient (Wildman–Crippen LogP) is 28.0. The number of amides is 6. The average molecular weight is 1950 g/mol. The number of para-hydroxylation sites is 5. The van der Waals surface area contributed by atoms with Crippen LogP contribution in [-0.2, 0) is 68.1 Å². The van der Waals surface area contributed by atoms with Crippen molar-refractivity contribution in [1.29, 1.82) is 0 Å². The van der Waals surface area contributed by atoms with Crippen LogP contribution in [0.4, 0.5) is 67.3 Å². The fourth-order valence-corrected chi connectivity index (χ4v) is 14.9. The van der Waals surface area contributed by atoms with Crippen molar-refractivity contribution >= 4 is 82.3 Å². The van der Waals surface area contributed by atoms with Crippen molar-refractivity contribution in [1.82, 2.24) is 0 Å². The van der Waals surface area contributed by atoms with Gasteiger partial charge in [-0.1, -0.05) is 162 Å². The molecule has 0 spiro atoms. The summed E-state index contributed by atoms with van der Waals surface area (Å²) >= 11 is 6.16. The SMILES string of the molecule is CCOc1cccc(COc2ccc(C)cc2C)c1NC(=O)OC.COC(=O)Nc1c(C)ccc(C)c1COc1cc(C)c(C)cc1C.COC(=O)Nc1c(COc2ccc(C)cc2C)cccc1C1CC1.COC(=O)Nc1c(COc2ccc(C)cc2C)cccc1OC.COC(=O)Nc1c(Cl)cccc1COc1cc(C)c(C)cc1C.COC(=O)Nc1c(F)cccc1COc1cc(C)c(C)cc1C. The van der Waals surface area contributed by atoms with Gasteiger partial charge in [0.15, 0.2) is 0 Å². The number of hydrogen-bond donors (Lipinski definition) is 6. The molecule has 1 fully saturated rings. The van der Waals surface area contributed by atoms with Crippen LogP contribution in [0.25, 0.3) is 0 Å². The first-order chi connectivity index (χ1) is 67.3. The lowest BCUT2D eigenvalue weighted by Crippen LogP contribution is -2.15. The van der Waals surface area contributed by atoms with Gasteiger partial charge < -0.3 is 66.3 Å². The Hall–Kier alpha value is -15.1. The number of methoxy groups -OCH3 is 7. The summed E-state index contributed by atoms with van der Waals surface area (Å²) in [6, 6.07) is 61.5. The fraction of sp³-hybridized carbons (Fsp3) is 0.310. The van der Waals surface area contributed by atoms with E-state index in [0.717, 1.165) is 137 Å². The minimum Gasteiger partial charge on any atom is -0.495 e. The molecule has 26 nitrogen and oxygen atoms in total. The van der Waals surface area contributed by atoms with Gasteiger partial charge in [0, 0.05) is 33.4 Å². The molecule has 13 rings (SSSR count). The van der Waals surface area contributed by atoms with Gasteiger partial charge >= 0.3 is 36.6 Å². The number of carbonyl (C=O) groups is 6. The molecule has 748 valence electrons. The Kier molecular flexibility index (Phi) is 43.3. The van der Waals surface area contributed by atoms with Crippen LogP contribution in [0.15, 0.2) is 194 Å². The van der Waals surface area contributed by atoms with Gasteiger partial charge in [-0.15, -0.1) is 0 Å². The summed E-state index contributed by atoms with van der Waals surface area (Å²) in [5, 5.41) is 16.5. The normalized spacial score (nSPS) is 10.8. The van der Waals surface area contributed by atoms with Gasteiger partial charge in [-0.3, -0.25) is 31.9 Å². The first-order valence-electron chi connectivity index (χ1n) is 45.8. The zero-order valence-electron chi connectivity index (χ0n) is 85.3. The van der Waals surface area contributed by atoms with E-state index in [9.17, 15) is 33.2 Å². The van der Waals surface area contributed by atoms with E-state index < -0.39 is 42.4 Å². The molecule has 6 N–H and O–H groups in total. The third kappa shape index (κ3) is 33.6. The summed E-state index contributed by atoms with van der Waals surface area (Å²) in [4.78, 5) is 69.3. The molecule has 28 heteroatoms. The zero-order valence-corrected chi connectivity index (χ0v) is 86.1. The first kappa shape index (κ1) is 111. The molecule has 0 bridgehead atoms. The number of ether oxygens (including phenoxy) is 14. The number of nitrogens with one attached hydrogen (secondary N) is 6. The van der Waals surface area contributed by atoms with E-state index in [2.05, 4.69) is 116 Å². The molecule has 0 heterocycles. The Balaban J connectivity index is 0.000000207. The van der Waals surface area contributed by atoms with Gasteiger partial charge in [0.25, 0.3) is 0 Å². The molecule has 0 atom stereocenters. The molecule has 0 aliphatic heterocycles. The Labute approximate surface area is 832 Å². The fourth-order valence-electron chi connectivity index (χ4n) is 14.6. The molecule has 1 aliphatic rings. The van der Waals surface area contributed by atoms with Gasteiger partial charge in [-0.2, -0.15) is 0 Å². The van der Waals surface area contributed by atoms with Gasteiger partial charge in [-0.25, -0.2) is 33.2 Å². The van der Waals surface area contributed by atoms with E-state index in [1.807, 2.05) is 212 Å². The van der Waals surface area contributed by atoms with E-state index >= 15 is 0 Å². The lowest BCUT2D eigenvalue weighted by atomic mass is 10.0. The summed E-state index contributed by atoms with van der Waals surface area (Å²) in [6.07, 6.45) is -0.991. The standard InChI is InChI=1S/C20H23NO3.C20H25NO3.C19H23NO4.C18H20ClNO3.C18H20FNO3.C18H21NO4/c1-13-7-10-18(14(2)11-13)24-12-16-5-4-6-17(15-8-9-15)19(16)21-20(22)23-3;1-12-7-8-13(2)19(21-20(22)23-6)17(12)11-24-18-10-15(4)14(3)9-16(18)5;1-5-23-17-8-6-7-15(18(17)20-19(21)22-4)12-24-16-10-9-13(2)11-14(16)3;2*1-11-8-13(3)16(9-12(11)2)23-10-14-6-5-7-15(19)17(14)20-18(21)22-4;1-12-8-9-15(13(2)10-12)23-11-14-6-5-7-16(21-3)17(14)19-18(20)22-4/h4-7,10-11,15H,8-9,12H2,1-3H3,(H,21,22);7-10H,11H2,1-6H3,(H,21,22);6-11H,5,12H2,1-4H3,(H,20,21);2*5-9H,10H2,1-4H3,(H,20,21);5-10H,11H2,1-4H3,(H,19,20). The molecule has 12 aromatic rings. The molecule has 0 unspecified atom stereocenters. The maximum atomic E-state index is 13.9. The highest BCUT2D eigenvalue weighted by Crippen LogP contribution is 2.45. The molecule has 12 aromatic carbocycles. The minimum atomic E-state index is -0.723. The summed E-state index contributed by atoms with van der Waals surface area (Å²) in [7, 11) is 9.45. The Morgan fingerprint density at radius 2 is 0.574 bits per heavy atom. The third-order valence-corrected chi connectivity index (χ3v) is 23.3. The average Bonchev–Trinajstić information content (AvgIpc) is 1.69. The highest BCUT2D eigenvalue weighted by molar-refractivity contribution is 6.33. The second kappa shape index (κ2) is 54.9. The maximum Gasteiger partial charge on any atom is 0.411 e. The predicted molar refractivity (Wildman–Crippen MR) is 555 cm³/mol. The first-order valence-corrected chi connectivity index (χ1v) is 46.2. The van der Waals surface area contributed by atoms with E-state index in [1.165, 1.54) is 98.8 Å². The van der Waals surface area contributed by atoms with Crippen molar-refractivity contribution in [3.05, 3.63) is 338 Å². The Morgan fingerprint density at radius 3 is 0.957 bits per heavy atom. The Bertz CT molecular complexity index is 6210. The van der Waals surface area contributed by atoms with Crippen molar-refractivity contribution in [2.45, 2.75) is 183 Å². The van der Waals surface area contributed by atoms with Gasteiger partial charge in [0.05, 0.1) is 95.5 Å². The number of benzene rings is 12. The van der Waals surface area contributed by atoms with Gasteiger partial charge in [-0.05, 0) is 288 Å². The molecule has 0 aromatic heterocycles. The molecule has 6 amide bonds. The zero-order chi connectivity index (χ0) is 103. The quantitative estimate of drug-likeness (QED) is 0.0248. The molecule has 1 saturated carbocycles. The van der Waals surface area contributed by atoms with Crippen LogP contribution in [-0.4, -0.2) is 92.9 Å². The number of hydrogen-bond acceptors (Lipinski definition) is 20. The topological polar surface area (TPSA) is 304 Å². The van der Waals surface area contributed by atoms with Crippen LogP contribution < -0.4 is 69.8 Å². The summed E-state index contributed by atoms with van der Waals surface area (Å²) in [5.74, 6) is 6.03. The lowest BCUT2D eigenvalue weighted by Gasteiger charge is -2.18. The third-order valence-electron chi connectivity index (χ3n) is 23.0. The van der Waals surface area contributed by atoms with Crippen LogP contribution in [0.2, 0.25) is 5.02 Å². The molecule has 1 aliphatic carbocycles. The summed E-state index contributed by atoms with van der Waals surface area (Å²) in [6.45, 7) is 38.7. The molecule has 0 radical (unpaired) electrons. The van der Waals surface area contributed by atoms with Crippen LogP contribution >= 0.6 is 11.6 Å². The van der Waals surface area contributed by atoms with Gasteiger partial charge in [0.2, 0.25) is 0 Å². The highest BCUT2D eigenvalue weighted by Gasteiger charge is 2.29. The lowest BCUT2D eigenvalue weighted by molar-refractivity contribution is 0.185. The van der Waals surface area contributed by atoms with E-state index in [1.54, 1.807) is 37.4 Å². The summed E-state index contributed by atoms with van der Waals surface area (Å²) in [5.41, 5.74) is 28.5. The van der Waals surface area contributed by atoms with Crippen LogP contribution in [0, 0.1) is 124 Å². The van der Waals surface area contributed by atoms with E-state index in [4.69, 9.17) is 63.7 Å². The van der Waals surface area contributed by atoms with Crippen molar-refractivity contribution in [3.63, 3.8) is 0 Å². The number of anilines is 6. The van der Waals surface area contributed by atoms with Gasteiger partial charge in [0.1, 0.15) is 91.5 Å². The van der Waals surface area contributed by atoms with Crippen LogP contribution in [0.1, 0.15) is 159 Å². The van der Waals surface area contributed by atoms with Crippen LogP contribution in [0.3, 0.4) is 0 Å². The van der Waals surface area contributed by atoms with E-state index in [0.29, 0.717) is 84.7 Å². The van der Waals surface area contributed by atoms with E-state index in [-0.39, 0.29) is 12.3 Å². The Morgan fingerprint density at radius 1 is 0.277 bits per heavy atom. The van der Waals surface area contributed by atoms with Crippen molar-refractivity contribution < 1.29 is 99.5 Å². The number of halogens is 2.